The molecule has 0 saturated heterocycles. The summed E-state index contributed by atoms with van der Waals surface area (Å²) in [6, 6.07) is 0. The van der Waals surface area contributed by atoms with E-state index in [2.05, 4.69) is 18.8 Å². The fraction of sp³-hybridized carbons (Fsp3) is 0.786. The normalized spacial score (nSPS) is 19.5. The predicted molar refractivity (Wildman–Crippen MR) is 71.1 cm³/mol. The minimum atomic E-state index is 0.514. The molecule has 0 bridgehead atoms. The molecule has 1 aromatic heterocycles. The molecule has 96 valence electrons. The van der Waals surface area contributed by atoms with Crippen molar-refractivity contribution in [3.05, 3.63) is 17.2 Å². The molecule has 3 heteroatoms. The summed E-state index contributed by atoms with van der Waals surface area (Å²) in [6.07, 6.45) is 7.74. The van der Waals surface area contributed by atoms with Crippen molar-refractivity contribution in [2.75, 3.05) is 6.54 Å². The molecule has 17 heavy (non-hydrogen) atoms. The van der Waals surface area contributed by atoms with Gasteiger partial charge in [0.05, 0.1) is 5.69 Å². The van der Waals surface area contributed by atoms with Crippen LogP contribution >= 0.6 is 0 Å². The highest BCUT2D eigenvalue weighted by Crippen LogP contribution is 2.33. The Kier molecular flexibility index (Phi) is 4.21. The third-order valence-electron chi connectivity index (χ3n) is 3.91. The summed E-state index contributed by atoms with van der Waals surface area (Å²) in [6.45, 7) is 5.07. The zero-order valence-electron chi connectivity index (χ0n) is 11.1. The quantitative estimate of drug-likeness (QED) is 0.843. The third kappa shape index (κ3) is 3.09. The van der Waals surface area contributed by atoms with E-state index in [9.17, 15) is 0 Å². The molecule has 3 nitrogen and oxygen atoms in total. The molecule has 1 heterocycles. The molecular weight excluding hydrogens is 210 g/mol. The Morgan fingerprint density at radius 3 is 2.71 bits per heavy atom. The maximum Gasteiger partial charge on any atom is 0.106 e. The number of aryl methyl sites for hydroxylation is 1. The van der Waals surface area contributed by atoms with E-state index in [-0.39, 0.29) is 0 Å². The number of hydrogen-bond donors (Lipinski definition) is 2. The zero-order valence-corrected chi connectivity index (χ0v) is 11.1. The van der Waals surface area contributed by atoms with E-state index in [1.165, 1.54) is 43.5 Å². The summed E-state index contributed by atoms with van der Waals surface area (Å²) in [4.78, 5) is 8.25. The Morgan fingerprint density at radius 1 is 1.35 bits per heavy atom. The lowest BCUT2D eigenvalue weighted by atomic mass is 9.86. The van der Waals surface area contributed by atoms with Crippen LogP contribution in [-0.4, -0.2) is 16.5 Å². The molecule has 0 aromatic carbocycles. The van der Waals surface area contributed by atoms with Crippen molar-refractivity contribution >= 4 is 0 Å². The highest BCUT2D eigenvalue weighted by atomic mass is 14.9. The van der Waals surface area contributed by atoms with Gasteiger partial charge in [-0.2, -0.15) is 0 Å². The Labute approximate surface area is 104 Å². The van der Waals surface area contributed by atoms with Crippen molar-refractivity contribution in [3.8, 4) is 0 Å². The van der Waals surface area contributed by atoms with Gasteiger partial charge in [0.1, 0.15) is 5.82 Å². The maximum atomic E-state index is 5.67. The van der Waals surface area contributed by atoms with Gasteiger partial charge in [-0.1, -0.05) is 26.2 Å². The second-order valence-corrected chi connectivity index (χ2v) is 5.57. The summed E-state index contributed by atoms with van der Waals surface area (Å²) in [7, 11) is 0. The summed E-state index contributed by atoms with van der Waals surface area (Å²) < 4.78 is 0. The minimum absolute atomic E-state index is 0.514. The number of hydrogen-bond acceptors (Lipinski definition) is 2. The maximum absolute atomic E-state index is 5.67. The van der Waals surface area contributed by atoms with Gasteiger partial charge in [-0.15, -0.1) is 0 Å². The second kappa shape index (κ2) is 5.67. The van der Waals surface area contributed by atoms with Gasteiger partial charge in [0.15, 0.2) is 0 Å². The minimum Gasteiger partial charge on any atom is -0.346 e. The Morgan fingerprint density at radius 2 is 2.06 bits per heavy atom. The van der Waals surface area contributed by atoms with Gasteiger partial charge >= 0.3 is 0 Å². The monoisotopic (exact) mass is 235 g/mol. The first-order valence-electron chi connectivity index (χ1n) is 6.96. The highest BCUT2D eigenvalue weighted by Gasteiger charge is 2.20. The fourth-order valence-corrected chi connectivity index (χ4v) is 2.82. The number of rotatable bonds is 4. The number of nitrogens with zero attached hydrogens (tertiary/aromatic N) is 1. The highest BCUT2D eigenvalue weighted by molar-refractivity contribution is 5.18. The summed E-state index contributed by atoms with van der Waals surface area (Å²) in [5, 5.41) is 0. The van der Waals surface area contributed by atoms with Crippen LogP contribution in [-0.2, 0) is 6.42 Å². The molecule has 2 rings (SSSR count). The van der Waals surface area contributed by atoms with Crippen molar-refractivity contribution in [2.45, 2.75) is 58.3 Å². The smallest absolute Gasteiger partial charge is 0.106 e. The van der Waals surface area contributed by atoms with Crippen LogP contribution in [0.25, 0.3) is 0 Å². The van der Waals surface area contributed by atoms with Crippen LogP contribution in [0.5, 0.6) is 0 Å². The van der Waals surface area contributed by atoms with Crippen molar-refractivity contribution in [3.63, 3.8) is 0 Å². The standard InChI is InChI=1S/C14H25N3/c1-10(9-15)8-13-16-11(2)14(17-13)12-6-4-3-5-7-12/h10,12H,3-9,15H2,1-2H3,(H,16,17). The van der Waals surface area contributed by atoms with E-state index in [1.54, 1.807) is 0 Å². The molecule has 1 saturated carbocycles. The number of aromatic nitrogens is 2. The first-order chi connectivity index (χ1) is 8.20. The van der Waals surface area contributed by atoms with Crippen LogP contribution in [0.1, 0.15) is 62.2 Å². The van der Waals surface area contributed by atoms with E-state index in [0.29, 0.717) is 11.8 Å². The zero-order chi connectivity index (χ0) is 12.3. The molecule has 1 unspecified atom stereocenters. The van der Waals surface area contributed by atoms with Crippen LogP contribution in [0.2, 0.25) is 0 Å². The van der Waals surface area contributed by atoms with Gasteiger partial charge in [-0.25, -0.2) is 4.98 Å². The number of H-pyrrole nitrogens is 1. The van der Waals surface area contributed by atoms with Gasteiger partial charge < -0.3 is 10.7 Å². The van der Waals surface area contributed by atoms with E-state index in [1.807, 2.05) is 0 Å². The number of imidazole rings is 1. The predicted octanol–water partition coefficient (Wildman–Crippen LogP) is 2.90. The summed E-state index contributed by atoms with van der Waals surface area (Å²) >= 11 is 0. The first-order valence-corrected chi connectivity index (χ1v) is 6.96. The van der Waals surface area contributed by atoms with E-state index >= 15 is 0 Å². The summed E-state index contributed by atoms with van der Waals surface area (Å²) in [5.74, 6) is 2.34. The van der Waals surface area contributed by atoms with Crippen LogP contribution in [0.15, 0.2) is 0 Å². The molecule has 0 aliphatic heterocycles. The molecule has 3 N–H and O–H groups in total. The van der Waals surface area contributed by atoms with Gasteiger partial charge in [-0.3, -0.25) is 0 Å². The Hall–Kier alpha value is -0.830. The van der Waals surface area contributed by atoms with Crippen LogP contribution in [0, 0.1) is 12.8 Å². The molecule has 1 fully saturated rings. The largest absolute Gasteiger partial charge is 0.346 e. The van der Waals surface area contributed by atoms with Gasteiger partial charge in [0.25, 0.3) is 0 Å². The van der Waals surface area contributed by atoms with Gasteiger partial charge in [-0.05, 0) is 32.2 Å². The number of nitrogens with one attached hydrogen (secondary N) is 1. The first kappa shape index (κ1) is 12.6. The molecule has 1 aromatic rings. The molecule has 0 radical (unpaired) electrons. The average Bonchev–Trinajstić information content (AvgIpc) is 2.71. The lowest BCUT2D eigenvalue weighted by Gasteiger charge is -2.20. The number of aromatic amines is 1. The molecule has 0 amide bonds. The van der Waals surface area contributed by atoms with Crippen LogP contribution < -0.4 is 5.73 Å². The fourth-order valence-electron chi connectivity index (χ4n) is 2.82. The molecular formula is C14H25N3. The Balaban J connectivity index is 2.07. The average molecular weight is 235 g/mol. The Bertz CT molecular complexity index is 350. The lowest BCUT2D eigenvalue weighted by molar-refractivity contribution is 0.435. The van der Waals surface area contributed by atoms with Crippen LogP contribution in [0.3, 0.4) is 0 Å². The molecule has 0 spiro atoms. The molecule has 1 atom stereocenters. The van der Waals surface area contributed by atoms with Gasteiger partial charge in [0, 0.05) is 18.0 Å². The third-order valence-corrected chi connectivity index (χ3v) is 3.91. The molecule has 1 aliphatic carbocycles. The SMILES string of the molecule is Cc1[nH]c(CC(C)CN)nc1C1CCCCC1. The van der Waals surface area contributed by atoms with Gasteiger partial charge in [0.2, 0.25) is 0 Å². The van der Waals surface area contributed by atoms with Crippen molar-refractivity contribution in [1.29, 1.82) is 0 Å². The number of nitrogens with two attached hydrogens (primary N) is 1. The lowest BCUT2D eigenvalue weighted by Crippen LogP contribution is -2.14. The van der Waals surface area contributed by atoms with Crippen molar-refractivity contribution in [1.82, 2.24) is 9.97 Å². The van der Waals surface area contributed by atoms with E-state index in [0.717, 1.165) is 18.8 Å². The molecule has 1 aliphatic rings. The second-order valence-electron chi connectivity index (χ2n) is 5.57. The van der Waals surface area contributed by atoms with Crippen molar-refractivity contribution < 1.29 is 0 Å². The summed E-state index contributed by atoms with van der Waals surface area (Å²) in [5.41, 5.74) is 8.26. The van der Waals surface area contributed by atoms with E-state index < -0.39 is 0 Å². The van der Waals surface area contributed by atoms with Crippen molar-refractivity contribution in [2.24, 2.45) is 11.7 Å². The topological polar surface area (TPSA) is 54.7 Å². The van der Waals surface area contributed by atoms with E-state index in [4.69, 9.17) is 10.7 Å². The van der Waals surface area contributed by atoms with Crippen LogP contribution in [0.4, 0.5) is 0 Å².